The van der Waals surface area contributed by atoms with Crippen LogP contribution in [-0.4, -0.2) is 20.7 Å². The molecule has 2 aromatic rings. The molecule has 1 aromatic carbocycles. The molecule has 0 unspecified atom stereocenters. The Balaban J connectivity index is 2.12. The molecule has 0 radical (unpaired) electrons. The van der Waals surface area contributed by atoms with E-state index in [1.165, 1.54) is 6.07 Å². The van der Waals surface area contributed by atoms with Gasteiger partial charge in [0.1, 0.15) is 0 Å². The Bertz CT molecular complexity index is 634. The molecule has 6 heteroatoms. The van der Waals surface area contributed by atoms with Gasteiger partial charge in [0.2, 0.25) is 0 Å². The Labute approximate surface area is 123 Å². The zero-order chi connectivity index (χ0) is 15.4. The zero-order valence-electron chi connectivity index (χ0n) is 12.5. The summed E-state index contributed by atoms with van der Waals surface area (Å²) in [4.78, 5) is 10.6. The van der Waals surface area contributed by atoms with E-state index in [0.717, 1.165) is 17.7 Å². The maximum atomic E-state index is 11.0. The van der Waals surface area contributed by atoms with Crippen LogP contribution in [0.2, 0.25) is 0 Å². The molecular formula is C15H20N4O2. The van der Waals surface area contributed by atoms with Crippen molar-refractivity contribution in [3.63, 3.8) is 0 Å². The van der Waals surface area contributed by atoms with Gasteiger partial charge in [-0.15, -0.1) is 0 Å². The predicted molar refractivity (Wildman–Crippen MR) is 81.1 cm³/mol. The summed E-state index contributed by atoms with van der Waals surface area (Å²) in [5.41, 5.74) is 2.86. The molecule has 1 aromatic heterocycles. The van der Waals surface area contributed by atoms with E-state index >= 15 is 0 Å². The minimum atomic E-state index is -0.347. The van der Waals surface area contributed by atoms with E-state index in [9.17, 15) is 10.1 Å². The minimum absolute atomic E-state index is 0.154. The first-order valence-electron chi connectivity index (χ1n) is 6.95. The van der Waals surface area contributed by atoms with E-state index in [-0.39, 0.29) is 10.6 Å². The van der Waals surface area contributed by atoms with E-state index in [0.29, 0.717) is 18.2 Å². The second kappa shape index (κ2) is 6.49. The molecule has 1 N–H and O–H groups in total. The van der Waals surface area contributed by atoms with Crippen LogP contribution in [0.3, 0.4) is 0 Å². The molecule has 2 rings (SSSR count). The molecule has 0 atom stereocenters. The summed E-state index contributed by atoms with van der Waals surface area (Å²) in [6, 6.07) is 5.56. The third-order valence-electron chi connectivity index (χ3n) is 3.35. The lowest BCUT2D eigenvalue weighted by Crippen LogP contribution is -2.21. The number of benzene rings is 1. The van der Waals surface area contributed by atoms with Crippen LogP contribution in [0.1, 0.15) is 30.5 Å². The topological polar surface area (TPSA) is 73.0 Å². The zero-order valence-corrected chi connectivity index (χ0v) is 12.5. The van der Waals surface area contributed by atoms with Crippen molar-refractivity contribution < 1.29 is 4.92 Å². The highest BCUT2D eigenvalue weighted by molar-refractivity contribution is 5.44. The van der Waals surface area contributed by atoms with Crippen molar-refractivity contribution >= 4 is 5.69 Å². The van der Waals surface area contributed by atoms with Gasteiger partial charge in [0.25, 0.3) is 5.69 Å². The fourth-order valence-electron chi connectivity index (χ4n) is 2.12. The van der Waals surface area contributed by atoms with Crippen LogP contribution in [0.25, 0.3) is 0 Å². The van der Waals surface area contributed by atoms with Crippen LogP contribution in [-0.2, 0) is 13.1 Å². The van der Waals surface area contributed by atoms with E-state index < -0.39 is 0 Å². The van der Waals surface area contributed by atoms with Gasteiger partial charge in [0.15, 0.2) is 0 Å². The lowest BCUT2D eigenvalue weighted by atomic mass is 10.1. The average Bonchev–Trinajstić information content (AvgIpc) is 2.86. The number of nitro groups is 1. The van der Waals surface area contributed by atoms with Crippen LogP contribution in [0, 0.1) is 17.0 Å². The van der Waals surface area contributed by atoms with Gasteiger partial charge < -0.3 is 5.32 Å². The molecular weight excluding hydrogens is 268 g/mol. The molecule has 0 saturated carbocycles. The van der Waals surface area contributed by atoms with E-state index in [1.807, 2.05) is 23.1 Å². The van der Waals surface area contributed by atoms with Gasteiger partial charge in [-0.05, 0) is 12.5 Å². The van der Waals surface area contributed by atoms with Crippen molar-refractivity contribution in [2.45, 2.75) is 39.9 Å². The maximum absolute atomic E-state index is 11.0. The third-order valence-corrected chi connectivity index (χ3v) is 3.35. The Morgan fingerprint density at radius 2 is 2.19 bits per heavy atom. The largest absolute Gasteiger partial charge is 0.310 e. The van der Waals surface area contributed by atoms with Crippen molar-refractivity contribution in [2.75, 3.05) is 0 Å². The second-order valence-corrected chi connectivity index (χ2v) is 5.40. The standard InChI is InChI=1S/C15H20N4O2/c1-11(2)16-7-13-8-17-18(9-13)10-14-5-4-6-15(12(14)3)19(20)21/h4-6,8-9,11,16H,7,10H2,1-3H3. The van der Waals surface area contributed by atoms with Crippen molar-refractivity contribution in [2.24, 2.45) is 0 Å². The van der Waals surface area contributed by atoms with Gasteiger partial charge >= 0.3 is 0 Å². The quantitative estimate of drug-likeness (QED) is 0.655. The monoisotopic (exact) mass is 288 g/mol. The fraction of sp³-hybridized carbons (Fsp3) is 0.400. The van der Waals surface area contributed by atoms with Gasteiger partial charge in [-0.2, -0.15) is 5.10 Å². The second-order valence-electron chi connectivity index (χ2n) is 5.40. The van der Waals surface area contributed by atoms with Gasteiger partial charge in [0.05, 0.1) is 17.7 Å². The number of rotatable bonds is 6. The van der Waals surface area contributed by atoms with Crippen molar-refractivity contribution in [3.05, 3.63) is 57.4 Å². The predicted octanol–water partition coefficient (Wildman–Crippen LogP) is 2.65. The molecule has 0 aliphatic rings. The van der Waals surface area contributed by atoms with E-state index in [1.54, 1.807) is 13.0 Å². The molecule has 0 aliphatic heterocycles. The highest BCUT2D eigenvalue weighted by Crippen LogP contribution is 2.21. The SMILES string of the molecule is Cc1c(Cn2cc(CNC(C)C)cn2)cccc1[N+](=O)[O-]. The molecule has 0 spiro atoms. The van der Waals surface area contributed by atoms with Gasteiger partial charge in [0, 0.05) is 36.0 Å². The smallest absolute Gasteiger partial charge is 0.272 e. The van der Waals surface area contributed by atoms with Crippen LogP contribution < -0.4 is 5.32 Å². The summed E-state index contributed by atoms with van der Waals surface area (Å²) in [6.45, 7) is 7.27. The van der Waals surface area contributed by atoms with Crippen LogP contribution in [0.15, 0.2) is 30.6 Å². The first kappa shape index (κ1) is 15.2. The average molecular weight is 288 g/mol. The fourth-order valence-corrected chi connectivity index (χ4v) is 2.12. The summed E-state index contributed by atoms with van der Waals surface area (Å²) in [7, 11) is 0. The number of hydrogen-bond donors (Lipinski definition) is 1. The first-order chi connectivity index (χ1) is 9.97. The Morgan fingerprint density at radius 1 is 1.43 bits per heavy atom. The Kier molecular flexibility index (Phi) is 4.70. The molecule has 0 saturated heterocycles. The lowest BCUT2D eigenvalue weighted by Gasteiger charge is -2.07. The number of nitro benzene ring substituents is 1. The normalized spacial score (nSPS) is 11.0. The summed E-state index contributed by atoms with van der Waals surface area (Å²) >= 11 is 0. The molecule has 0 bridgehead atoms. The third kappa shape index (κ3) is 3.88. The van der Waals surface area contributed by atoms with E-state index in [2.05, 4.69) is 24.3 Å². The summed E-state index contributed by atoms with van der Waals surface area (Å²) in [6.07, 6.45) is 3.79. The summed E-state index contributed by atoms with van der Waals surface area (Å²) in [5, 5.41) is 18.6. The van der Waals surface area contributed by atoms with Crippen LogP contribution in [0.4, 0.5) is 5.69 Å². The molecule has 21 heavy (non-hydrogen) atoms. The highest BCUT2D eigenvalue weighted by atomic mass is 16.6. The minimum Gasteiger partial charge on any atom is -0.310 e. The van der Waals surface area contributed by atoms with Gasteiger partial charge in [-0.1, -0.05) is 26.0 Å². The van der Waals surface area contributed by atoms with Crippen molar-refractivity contribution in [1.29, 1.82) is 0 Å². The maximum Gasteiger partial charge on any atom is 0.272 e. The number of hydrogen-bond acceptors (Lipinski definition) is 4. The summed E-state index contributed by atoms with van der Waals surface area (Å²) in [5.74, 6) is 0. The van der Waals surface area contributed by atoms with Crippen molar-refractivity contribution in [1.82, 2.24) is 15.1 Å². The number of nitrogens with zero attached hydrogens (tertiary/aromatic N) is 3. The summed E-state index contributed by atoms with van der Waals surface area (Å²) < 4.78 is 1.81. The van der Waals surface area contributed by atoms with Gasteiger partial charge in [-0.25, -0.2) is 0 Å². The molecule has 0 aliphatic carbocycles. The Morgan fingerprint density at radius 3 is 2.86 bits per heavy atom. The lowest BCUT2D eigenvalue weighted by molar-refractivity contribution is -0.385. The highest BCUT2D eigenvalue weighted by Gasteiger charge is 2.13. The first-order valence-corrected chi connectivity index (χ1v) is 6.95. The van der Waals surface area contributed by atoms with Crippen molar-refractivity contribution in [3.8, 4) is 0 Å². The molecule has 112 valence electrons. The van der Waals surface area contributed by atoms with Crippen LogP contribution >= 0.6 is 0 Å². The van der Waals surface area contributed by atoms with E-state index in [4.69, 9.17) is 0 Å². The van der Waals surface area contributed by atoms with Gasteiger partial charge in [-0.3, -0.25) is 14.8 Å². The molecule has 6 nitrogen and oxygen atoms in total. The molecule has 0 fully saturated rings. The number of nitrogens with one attached hydrogen (secondary N) is 1. The Hall–Kier alpha value is -2.21. The molecule has 1 heterocycles. The molecule has 0 amide bonds. The number of aromatic nitrogens is 2. The van der Waals surface area contributed by atoms with Crippen LogP contribution in [0.5, 0.6) is 0 Å².